The molecule has 0 aromatic heterocycles. The van der Waals surface area contributed by atoms with Crippen LogP contribution < -0.4 is 14.4 Å². The molecule has 0 saturated carbocycles. The van der Waals surface area contributed by atoms with Crippen molar-refractivity contribution >= 4 is 27.3 Å². The van der Waals surface area contributed by atoms with Crippen molar-refractivity contribution < 1.29 is 17.9 Å². The summed E-state index contributed by atoms with van der Waals surface area (Å²) in [4.78, 5) is 13.2. The molecule has 1 heterocycles. The lowest BCUT2D eigenvalue weighted by Crippen LogP contribution is -2.48. The van der Waals surface area contributed by atoms with Gasteiger partial charge in [0.15, 0.2) is 6.10 Å². The number of ether oxygens (including phenoxy) is 1. The van der Waals surface area contributed by atoms with Crippen molar-refractivity contribution in [3.63, 3.8) is 0 Å². The fourth-order valence-electron chi connectivity index (χ4n) is 3.62. The summed E-state index contributed by atoms with van der Waals surface area (Å²) >= 11 is 0. The molecule has 4 rings (SSSR count). The Morgan fingerprint density at radius 2 is 1.58 bits per heavy atom. The molecule has 3 aromatic carbocycles. The van der Waals surface area contributed by atoms with Gasteiger partial charge in [-0.25, -0.2) is 8.42 Å². The summed E-state index contributed by atoms with van der Waals surface area (Å²) in [7, 11) is -3.87. The number of hydrogen-bond acceptors (Lipinski definition) is 4. The molecule has 1 N–H and O–H groups in total. The first-order chi connectivity index (χ1) is 14.8. The van der Waals surface area contributed by atoms with E-state index in [1.807, 2.05) is 39.0 Å². The molecule has 1 amide bonds. The number of rotatable bonds is 4. The molecule has 0 spiro atoms. The van der Waals surface area contributed by atoms with E-state index in [1.165, 1.54) is 4.31 Å². The van der Waals surface area contributed by atoms with Crippen molar-refractivity contribution in [2.45, 2.75) is 31.8 Å². The van der Waals surface area contributed by atoms with E-state index in [2.05, 4.69) is 5.32 Å². The number of nitrogens with one attached hydrogen (secondary N) is 1. The van der Waals surface area contributed by atoms with E-state index in [0.29, 0.717) is 17.1 Å². The average molecular weight is 437 g/mol. The number of aryl methyl sites for hydroxylation is 3. The number of sulfonamides is 1. The summed E-state index contributed by atoms with van der Waals surface area (Å²) in [6.45, 7) is 5.60. The normalized spacial score (nSPS) is 15.7. The van der Waals surface area contributed by atoms with Gasteiger partial charge in [-0.15, -0.1) is 0 Å². The number of carbonyl (C=O) groups excluding carboxylic acids is 1. The lowest BCUT2D eigenvalue weighted by Gasteiger charge is -2.34. The summed E-state index contributed by atoms with van der Waals surface area (Å²) < 4.78 is 34.0. The zero-order valence-electron chi connectivity index (χ0n) is 17.6. The second kappa shape index (κ2) is 8.07. The molecule has 1 aliphatic rings. The van der Waals surface area contributed by atoms with Crippen LogP contribution in [0.5, 0.6) is 5.75 Å². The Labute approximate surface area is 182 Å². The summed E-state index contributed by atoms with van der Waals surface area (Å²) in [6.07, 6.45) is -0.992. The van der Waals surface area contributed by atoms with E-state index >= 15 is 0 Å². The Morgan fingerprint density at radius 3 is 2.26 bits per heavy atom. The Hall–Kier alpha value is -3.32. The van der Waals surface area contributed by atoms with Crippen molar-refractivity contribution in [2.75, 3.05) is 16.2 Å². The highest BCUT2D eigenvalue weighted by molar-refractivity contribution is 7.92. The van der Waals surface area contributed by atoms with E-state index in [4.69, 9.17) is 4.74 Å². The van der Waals surface area contributed by atoms with Gasteiger partial charge < -0.3 is 10.1 Å². The maximum atomic E-state index is 13.4. The first kappa shape index (κ1) is 20.9. The van der Waals surface area contributed by atoms with Crippen LogP contribution in [-0.4, -0.2) is 27.0 Å². The number of fused-ring (bicyclic) bond motifs is 1. The predicted octanol–water partition coefficient (Wildman–Crippen LogP) is 4.21. The smallest absolute Gasteiger partial charge is 0.267 e. The maximum absolute atomic E-state index is 13.4. The quantitative estimate of drug-likeness (QED) is 0.665. The predicted molar refractivity (Wildman–Crippen MR) is 121 cm³/mol. The van der Waals surface area contributed by atoms with E-state index in [9.17, 15) is 13.2 Å². The molecule has 7 heteroatoms. The van der Waals surface area contributed by atoms with Gasteiger partial charge in [0.05, 0.1) is 17.1 Å². The van der Waals surface area contributed by atoms with Crippen molar-refractivity contribution in [1.82, 2.24) is 0 Å². The van der Waals surface area contributed by atoms with Gasteiger partial charge in [-0.1, -0.05) is 48.0 Å². The molecule has 3 aromatic rings. The van der Waals surface area contributed by atoms with Gasteiger partial charge in [0, 0.05) is 5.69 Å². The zero-order valence-corrected chi connectivity index (χ0v) is 18.4. The summed E-state index contributed by atoms with van der Waals surface area (Å²) in [5.41, 5.74) is 3.94. The summed E-state index contributed by atoms with van der Waals surface area (Å²) in [6, 6.07) is 19.3. The van der Waals surface area contributed by atoms with Crippen LogP contribution in [0.3, 0.4) is 0 Å². The van der Waals surface area contributed by atoms with Gasteiger partial charge in [0.25, 0.3) is 15.9 Å². The number of benzene rings is 3. The minimum atomic E-state index is -3.87. The SMILES string of the molecule is Cc1ccc(S(=O)(=O)N2C[C@@H](C(=O)Nc3c(C)cccc3C)Oc3ccccc32)cc1. The molecule has 0 aliphatic carbocycles. The fraction of sp³-hybridized carbons (Fsp3) is 0.208. The minimum absolute atomic E-state index is 0.121. The Morgan fingerprint density at radius 1 is 0.935 bits per heavy atom. The van der Waals surface area contributed by atoms with Gasteiger partial charge in [-0.05, 0) is 56.2 Å². The molecule has 0 bridgehead atoms. The van der Waals surface area contributed by atoms with Crippen LogP contribution in [0.2, 0.25) is 0 Å². The molecule has 6 nitrogen and oxygen atoms in total. The van der Waals surface area contributed by atoms with E-state index < -0.39 is 22.0 Å². The van der Waals surface area contributed by atoms with Gasteiger partial charge in [-0.2, -0.15) is 0 Å². The molecule has 0 saturated heterocycles. The first-order valence-electron chi connectivity index (χ1n) is 9.99. The highest BCUT2D eigenvalue weighted by Crippen LogP contribution is 2.37. The standard InChI is InChI=1S/C24H24N2O4S/c1-16-11-13-19(14-12-16)31(28,29)26-15-22(30-21-10-5-4-9-20(21)26)24(27)25-23-17(2)7-6-8-18(23)3/h4-14,22H,15H2,1-3H3,(H,25,27)/t22-/m0/s1. The third kappa shape index (κ3) is 4.01. The molecule has 1 aliphatic heterocycles. The molecule has 1 atom stereocenters. The molecule has 160 valence electrons. The van der Waals surface area contributed by atoms with Crippen molar-refractivity contribution in [3.8, 4) is 5.75 Å². The van der Waals surface area contributed by atoms with Gasteiger partial charge in [-0.3, -0.25) is 9.10 Å². The maximum Gasteiger partial charge on any atom is 0.267 e. The number of hydrogen-bond donors (Lipinski definition) is 1. The zero-order chi connectivity index (χ0) is 22.2. The van der Waals surface area contributed by atoms with Crippen LogP contribution in [0, 0.1) is 20.8 Å². The summed E-state index contributed by atoms with van der Waals surface area (Å²) in [5, 5.41) is 2.91. The summed E-state index contributed by atoms with van der Waals surface area (Å²) in [5.74, 6) is -0.0397. The van der Waals surface area contributed by atoms with Crippen LogP contribution in [-0.2, 0) is 14.8 Å². The number of nitrogens with zero attached hydrogens (tertiary/aromatic N) is 1. The van der Waals surface area contributed by atoms with Crippen LogP contribution in [0.4, 0.5) is 11.4 Å². The number of carbonyl (C=O) groups is 1. The van der Waals surface area contributed by atoms with E-state index in [-0.39, 0.29) is 11.4 Å². The molecule has 31 heavy (non-hydrogen) atoms. The topological polar surface area (TPSA) is 75.7 Å². The van der Waals surface area contributed by atoms with Crippen LogP contribution in [0.25, 0.3) is 0 Å². The van der Waals surface area contributed by atoms with Crippen molar-refractivity contribution in [3.05, 3.63) is 83.4 Å². The number of para-hydroxylation sites is 3. The average Bonchev–Trinajstić information content (AvgIpc) is 2.75. The molecule has 0 fully saturated rings. The lowest BCUT2D eigenvalue weighted by atomic mass is 10.1. The van der Waals surface area contributed by atoms with Gasteiger partial charge >= 0.3 is 0 Å². The third-order valence-electron chi connectivity index (χ3n) is 5.37. The third-order valence-corrected chi connectivity index (χ3v) is 7.16. The highest BCUT2D eigenvalue weighted by atomic mass is 32.2. The highest BCUT2D eigenvalue weighted by Gasteiger charge is 2.37. The Balaban J connectivity index is 1.69. The van der Waals surface area contributed by atoms with E-state index in [0.717, 1.165) is 16.7 Å². The van der Waals surface area contributed by atoms with E-state index in [1.54, 1.807) is 48.5 Å². The van der Waals surface area contributed by atoms with Crippen LogP contribution >= 0.6 is 0 Å². The molecular formula is C24H24N2O4S. The number of anilines is 2. The second-order valence-electron chi connectivity index (χ2n) is 7.68. The monoisotopic (exact) mass is 436 g/mol. The Kier molecular flexibility index (Phi) is 5.45. The lowest BCUT2D eigenvalue weighted by molar-refractivity contribution is -0.122. The minimum Gasteiger partial charge on any atom is -0.476 e. The van der Waals surface area contributed by atoms with Gasteiger partial charge in [0.1, 0.15) is 5.75 Å². The largest absolute Gasteiger partial charge is 0.476 e. The molecule has 0 radical (unpaired) electrons. The van der Waals surface area contributed by atoms with Crippen LogP contribution in [0.15, 0.2) is 71.6 Å². The first-order valence-corrected chi connectivity index (χ1v) is 11.4. The molecular weight excluding hydrogens is 412 g/mol. The fourth-order valence-corrected chi connectivity index (χ4v) is 5.10. The molecule has 0 unspecified atom stereocenters. The number of amides is 1. The van der Waals surface area contributed by atoms with Crippen molar-refractivity contribution in [1.29, 1.82) is 0 Å². The van der Waals surface area contributed by atoms with Crippen LogP contribution in [0.1, 0.15) is 16.7 Å². The second-order valence-corrected chi connectivity index (χ2v) is 9.54. The Bertz CT molecular complexity index is 1220. The van der Waals surface area contributed by atoms with Gasteiger partial charge in [0.2, 0.25) is 0 Å². The van der Waals surface area contributed by atoms with Crippen molar-refractivity contribution in [2.24, 2.45) is 0 Å².